The minimum Gasteiger partial charge on any atom is -0.335 e. The Kier molecular flexibility index (Phi) is 5.02. The third kappa shape index (κ3) is 3.58. The summed E-state index contributed by atoms with van der Waals surface area (Å²) in [5.41, 5.74) is 1.68. The first-order valence-electron chi connectivity index (χ1n) is 6.58. The molecule has 1 heterocycles. The normalized spacial score (nSPS) is 10.9. The molecule has 0 bridgehead atoms. The van der Waals surface area contributed by atoms with E-state index in [1.54, 1.807) is 18.2 Å². The molecule has 2 aromatic carbocycles. The van der Waals surface area contributed by atoms with Crippen LogP contribution in [0.3, 0.4) is 0 Å². The molecule has 0 aliphatic carbocycles. The molecule has 0 spiro atoms. The van der Waals surface area contributed by atoms with Gasteiger partial charge >= 0.3 is 0 Å². The summed E-state index contributed by atoms with van der Waals surface area (Å²) in [5, 5.41) is 10.6. The van der Waals surface area contributed by atoms with Crippen LogP contribution in [0.1, 0.15) is 5.56 Å². The number of thioether (sulfide) groups is 1. The number of halogens is 3. The molecule has 0 saturated carbocycles. The number of hydrogen-bond donors (Lipinski definition) is 1. The first-order chi connectivity index (χ1) is 11.1. The molecule has 4 nitrogen and oxygen atoms in total. The molecule has 0 atom stereocenters. The van der Waals surface area contributed by atoms with Gasteiger partial charge in [0.05, 0.1) is 5.02 Å². The fraction of sp³-hybridized carbons (Fsp3) is 0.0667. The van der Waals surface area contributed by atoms with E-state index in [0.29, 0.717) is 31.8 Å². The summed E-state index contributed by atoms with van der Waals surface area (Å²) in [7, 11) is 0. The quantitative estimate of drug-likeness (QED) is 0.512. The number of nitrogens with zero attached hydrogens (tertiary/aromatic N) is 3. The van der Waals surface area contributed by atoms with Crippen LogP contribution < -0.4 is 5.84 Å². The van der Waals surface area contributed by atoms with Gasteiger partial charge in [0, 0.05) is 21.4 Å². The van der Waals surface area contributed by atoms with Crippen molar-refractivity contribution < 1.29 is 0 Å². The highest BCUT2D eigenvalue weighted by Crippen LogP contribution is 2.30. The number of hydrogen-bond acceptors (Lipinski definition) is 4. The van der Waals surface area contributed by atoms with E-state index in [1.165, 1.54) is 16.4 Å². The predicted molar refractivity (Wildman–Crippen MR) is 96.6 cm³/mol. The molecule has 0 fully saturated rings. The van der Waals surface area contributed by atoms with E-state index in [1.807, 2.05) is 24.3 Å². The van der Waals surface area contributed by atoms with Gasteiger partial charge in [-0.05, 0) is 29.8 Å². The maximum atomic E-state index is 6.18. The van der Waals surface area contributed by atoms with Crippen LogP contribution in [0.2, 0.25) is 15.1 Å². The lowest BCUT2D eigenvalue weighted by atomic mass is 10.2. The van der Waals surface area contributed by atoms with E-state index >= 15 is 0 Å². The lowest BCUT2D eigenvalue weighted by Crippen LogP contribution is -2.11. The Labute approximate surface area is 152 Å². The lowest BCUT2D eigenvalue weighted by molar-refractivity contribution is 0.849. The molecule has 0 amide bonds. The van der Waals surface area contributed by atoms with Crippen LogP contribution in [0.15, 0.2) is 47.6 Å². The monoisotopic (exact) mass is 384 g/mol. The largest absolute Gasteiger partial charge is 0.335 e. The molecule has 2 N–H and O–H groups in total. The molecule has 118 valence electrons. The molecule has 0 unspecified atom stereocenters. The first-order valence-corrected chi connectivity index (χ1v) is 8.70. The van der Waals surface area contributed by atoms with E-state index in [2.05, 4.69) is 10.2 Å². The standard InChI is InChI=1S/C15H11Cl3N4S/c16-10-6-5-9(13(18)7-10)8-23-15-21-20-14(22(15)19)11-3-1-2-4-12(11)17/h1-7H,8,19H2. The van der Waals surface area contributed by atoms with Crippen molar-refractivity contribution in [3.63, 3.8) is 0 Å². The summed E-state index contributed by atoms with van der Waals surface area (Å²) in [4.78, 5) is 0. The van der Waals surface area contributed by atoms with Gasteiger partial charge in [0.2, 0.25) is 5.16 Å². The molecule has 0 aliphatic rings. The number of aromatic nitrogens is 3. The fourth-order valence-electron chi connectivity index (χ4n) is 1.98. The topological polar surface area (TPSA) is 56.7 Å². The number of rotatable bonds is 4. The van der Waals surface area contributed by atoms with Crippen LogP contribution in [-0.2, 0) is 5.75 Å². The van der Waals surface area contributed by atoms with Crippen molar-refractivity contribution in [3.8, 4) is 11.4 Å². The zero-order valence-corrected chi connectivity index (χ0v) is 14.8. The molecule has 3 aromatic rings. The summed E-state index contributed by atoms with van der Waals surface area (Å²) in [6.45, 7) is 0. The summed E-state index contributed by atoms with van der Waals surface area (Å²) in [6.07, 6.45) is 0. The fourth-order valence-corrected chi connectivity index (χ4v) is 3.62. The van der Waals surface area contributed by atoms with Crippen LogP contribution in [0.4, 0.5) is 0 Å². The van der Waals surface area contributed by atoms with Gasteiger partial charge in [-0.1, -0.05) is 64.8 Å². The number of nitrogens with two attached hydrogens (primary N) is 1. The Bertz CT molecular complexity index is 850. The van der Waals surface area contributed by atoms with Crippen molar-refractivity contribution in [2.45, 2.75) is 10.9 Å². The Morgan fingerprint density at radius 3 is 2.52 bits per heavy atom. The van der Waals surface area contributed by atoms with Crippen molar-refractivity contribution in [2.24, 2.45) is 0 Å². The van der Waals surface area contributed by atoms with Crippen LogP contribution in [0.25, 0.3) is 11.4 Å². The average Bonchev–Trinajstić information content (AvgIpc) is 2.88. The molecule has 1 aromatic heterocycles. The van der Waals surface area contributed by atoms with Crippen molar-refractivity contribution in [2.75, 3.05) is 5.84 Å². The van der Waals surface area contributed by atoms with Gasteiger partial charge in [-0.2, -0.15) is 0 Å². The average molecular weight is 386 g/mol. The second-order valence-electron chi connectivity index (χ2n) is 4.68. The van der Waals surface area contributed by atoms with Gasteiger partial charge in [-0.25, -0.2) is 4.68 Å². The van der Waals surface area contributed by atoms with Crippen LogP contribution in [0, 0.1) is 0 Å². The maximum Gasteiger partial charge on any atom is 0.210 e. The van der Waals surface area contributed by atoms with Gasteiger partial charge in [0.15, 0.2) is 5.82 Å². The van der Waals surface area contributed by atoms with Gasteiger partial charge in [0.25, 0.3) is 0 Å². The van der Waals surface area contributed by atoms with Gasteiger partial charge in [0.1, 0.15) is 0 Å². The minimum absolute atomic E-state index is 0.514. The molecular formula is C15H11Cl3N4S. The smallest absolute Gasteiger partial charge is 0.210 e. The van der Waals surface area contributed by atoms with Crippen molar-refractivity contribution >= 4 is 46.6 Å². The predicted octanol–water partition coefficient (Wildman–Crippen LogP) is 4.91. The van der Waals surface area contributed by atoms with E-state index in [0.717, 1.165) is 11.1 Å². The van der Waals surface area contributed by atoms with Crippen LogP contribution >= 0.6 is 46.6 Å². The van der Waals surface area contributed by atoms with E-state index in [4.69, 9.17) is 40.6 Å². The van der Waals surface area contributed by atoms with Gasteiger partial charge in [-0.15, -0.1) is 10.2 Å². The highest BCUT2D eigenvalue weighted by Gasteiger charge is 2.15. The van der Waals surface area contributed by atoms with E-state index in [-0.39, 0.29) is 0 Å². The highest BCUT2D eigenvalue weighted by atomic mass is 35.5. The van der Waals surface area contributed by atoms with Crippen LogP contribution in [-0.4, -0.2) is 14.9 Å². The van der Waals surface area contributed by atoms with E-state index < -0.39 is 0 Å². The van der Waals surface area contributed by atoms with Gasteiger partial charge < -0.3 is 5.84 Å². The van der Waals surface area contributed by atoms with Crippen molar-refractivity contribution in [3.05, 3.63) is 63.1 Å². The molecule has 0 radical (unpaired) electrons. The maximum absolute atomic E-state index is 6.18. The molecule has 3 rings (SSSR count). The molecule has 0 aliphatic heterocycles. The summed E-state index contributed by atoms with van der Waals surface area (Å²) in [5.74, 6) is 7.21. The highest BCUT2D eigenvalue weighted by molar-refractivity contribution is 7.98. The second-order valence-corrected chi connectivity index (χ2v) is 6.87. The van der Waals surface area contributed by atoms with E-state index in [9.17, 15) is 0 Å². The molecule has 8 heteroatoms. The third-order valence-corrected chi connectivity index (χ3v) is 5.06. The zero-order chi connectivity index (χ0) is 16.4. The minimum atomic E-state index is 0.514. The molecular weight excluding hydrogens is 375 g/mol. The lowest BCUT2D eigenvalue weighted by Gasteiger charge is -2.06. The van der Waals surface area contributed by atoms with Crippen molar-refractivity contribution in [1.82, 2.24) is 14.9 Å². The molecule has 23 heavy (non-hydrogen) atoms. The zero-order valence-electron chi connectivity index (χ0n) is 11.7. The Morgan fingerprint density at radius 2 is 1.78 bits per heavy atom. The number of nitrogen functional groups attached to an aromatic ring is 1. The summed E-state index contributed by atoms with van der Waals surface area (Å²) < 4.78 is 1.43. The first kappa shape index (κ1) is 16.5. The number of benzene rings is 2. The third-order valence-electron chi connectivity index (χ3n) is 3.15. The Morgan fingerprint density at radius 1 is 1.00 bits per heavy atom. The Balaban J connectivity index is 1.81. The van der Waals surface area contributed by atoms with Gasteiger partial charge in [-0.3, -0.25) is 0 Å². The van der Waals surface area contributed by atoms with Crippen molar-refractivity contribution in [1.29, 1.82) is 0 Å². The second kappa shape index (κ2) is 7.01. The summed E-state index contributed by atoms with van der Waals surface area (Å²) >= 11 is 19.7. The summed E-state index contributed by atoms with van der Waals surface area (Å²) in [6, 6.07) is 12.7. The molecule has 0 saturated heterocycles. The Hall–Kier alpha value is -1.40. The SMILES string of the molecule is Nn1c(SCc2ccc(Cl)cc2Cl)nnc1-c1ccccc1Cl. The van der Waals surface area contributed by atoms with Crippen LogP contribution in [0.5, 0.6) is 0 Å².